The molecule has 0 aromatic heterocycles. The molecule has 0 N–H and O–H groups in total. The van der Waals surface area contributed by atoms with Crippen LogP contribution >= 0.6 is 0 Å². The van der Waals surface area contributed by atoms with Crippen LogP contribution in [0.2, 0.25) is 0 Å². The fraction of sp³-hybridized carbons (Fsp3) is 0.833. The van der Waals surface area contributed by atoms with Crippen LogP contribution in [0.1, 0.15) is 6.92 Å². The third-order valence-corrected chi connectivity index (χ3v) is 1.82. The quantitative estimate of drug-likeness (QED) is 0.341. The van der Waals surface area contributed by atoms with Crippen molar-refractivity contribution >= 4 is 11.8 Å². The first-order valence-electron chi connectivity index (χ1n) is 6.04. The highest BCUT2D eigenvalue weighted by molar-refractivity contribution is 5.76. The molecule has 0 bridgehead atoms. The lowest BCUT2D eigenvalue weighted by atomic mass is 10.5. The van der Waals surface area contributed by atoms with Crippen molar-refractivity contribution in [1.29, 1.82) is 0 Å². The number of Topliss-reactive ketones (excluding diaryl/α,β-unsaturated/α-hetero) is 1. The molecule has 19 heavy (non-hydrogen) atoms. The standard InChI is InChI=1S/C12H22O7/c1-11(13)9-17-6-4-16-5-7-18-10-12(14)19-8-3-15-2/h3-10H2,1-2H3. The molecule has 0 aliphatic heterocycles. The van der Waals surface area contributed by atoms with E-state index >= 15 is 0 Å². The Morgan fingerprint density at radius 3 is 1.95 bits per heavy atom. The highest BCUT2D eigenvalue weighted by atomic mass is 16.6. The molecule has 0 fully saturated rings. The van der Waals surface area contributed by atoms with Crippen molar-refractivity contribution in [3.8, 4) is 0 Å². The van der Waals surface area contributed by atoms with Crippen LogP contribution in [0, 0.1) is 0 Å². The number of rotatable bonds is 13. The van der Waals surface area contributed by atoms with Gasteiger partial charge in [0.2, 0.25) is 0 Å². The zero-order valence-electron chi connectivity index (χ0n) is 11.5. The van der Waals surface area contributed by atoms with Gasteiger partial charge in [-0.05, 0) is 6.92 Å². The number of ketones is 1. The second-order valence-electron chi connectivity index (χ2n) is 3.63. The van der Waals surface area contributed by atoms with Gasteiger partial charge in [0.25, 0.3) is 0 Å². The van der Waals surface area contributed by atoms with E-state index in [0.717, 1.165) is 0 Å². The molecule has 0 rings (SSSR count). The normalized spacial score (nSPS) is 10.4. The van der Waals surface area contributed by atoms with Gasteiger partial charge in [0.05, 0.1) is 33.0 Å². The van der Waals surface area contributed by atoms with Gasteiger partial charge in [0.15, 0.2) is 5.78 Å². The summed E-state index contributed by atoms with van der Waals surface area (Å²) in [5.41, 5.74) is 0. The van der Waals surface area contributed by atoms with E-state index in [2.05, 4.69) is 0 Å². The van der Waals surface area contributed by atoms with E-state index in [-0.39, 0.29) is 25.6 Å². The number of hydrogen-bond acceptors (Lipinski definition) is 7. The third-order valence-electron chi connectivity index (χ3n) is 1.82. The summed E-state index contributed by atoms with van der Waals surface area (Å²) in [5, 5.41) is 0. The summed E-state index contributed by atoms with van der Waals surface area (Å²) in [5.74, 6) is -0.447. The maximum Gasteiger partial charge on any atom is 0.332 e. The van der Waals surface area contributed by atoms with E-state index in [1.54, 1.807) is 0 Å². The van der Waals surface area contributed by atoms with Gasteiger partial charge in [-0.1, -0.05) is 0 Å². The Bertz CT molecular complexity index is 242. The molecule has 0 heterocycles. The van der Waals surface area contributed by atoms with E-state index < -0.39 is 5.97 Å². The van der Waals surface area contributed by atoms with Crippen molar-refractivity contribution in [2.75, 3.05) is 60.0 Å². The molecule has 0 aliphatic carbocycles. The molecule has 0 saturated heterocycles. The van der Waals surface area contributed by atoms with Gasteiger partial charge in [-0.3, -0.25) is 4.79 Å². The molecular formula is C12H22O7. The number of hydrogen-bond donors (Lipinski definition) is 0. The lowest BCUT2D eigenvalue weighted by Gasteiger charge is -2.06. The zero-order valence-corrected chi connectivity index (χ0v) is 11.5. The highest BCUT2D eigenvalue weighted by Gasteiger charge is 2.02. The molecule has 7 heteroatoms. The summed E-state index contributed by atoms with van der Waals surface area (Å²) < 4.78 is 24.7. The van der Waals surface area contributed by atoms with Crippen LogP contribution < -0.4 is 0 Å². The van der Waals surface area contributed by atoms with E-state index in [0.29, 0.717) is 33.0 Å². The van der Waals surface area contributed by atoms with Crippen molar-refractivity contribution in [3.05, 3.63) is 0 Å². The van der Waals surface area contributed by atoms with E-state index in [4.69, 9.17) is 23.7 Å². The van der Waals surface area contributed by atoms with Crippen molar-refractivity contribution in [2.24, 2.45) is 0 Å². The number of ether oxygens (including phenoxy) is 5. The zero-order chi connectivity index (χ0) is 14.3. The van der Waals surface area contributed by atoms with Crippen LogP contribution in [0.4, 0.5) is 0 Å². The number of esters is 1. The van der Waals surface area contributed by atoms with Crippen molar-refractivity contribution < 1.29 is 33.3 Å². The Morgan fingerprint density at radius 2 is 1.37 bits per heavy atom. The fourth-order valence-corrected chi connectivity index (χ4v) is 0.990. The van der Waals surface area contributed by atoms with Gasteiger partial charge in [0, 0.05) is 7.11 Å². The molecule has 0 atom stereocenters. The molecule has 0 aromatic carbocycles. The minimum Gasteiger partial charge on any atom is -0.462 e. The summed E-state index contributed by atoms with van der Waals surface area (Å²) in [6, 6.07) is 0. The van der Waals surface area contributed by atoms with E-state index in [1.165, 1.54) is 14.0 Å². The van der Waals surface area contributed by atoms with Gasteiger partial charge in [-0.15, -0.1) is 0 Å². The van der Waals surface area contributed by atoms with Crippen LogP contribution in [-0.4, -0.2) is 71.7 Å². The van der Waals surface area contributed by atoms with Crippen LogP contribution in [0.25, 0.3) is 0 Å². The largest absolute Gasteiger partial charge is 0.462 e. The van der Waals surface area contributed by atoms with Gasteiger partial charge in [-0.2, -0.15) is 0 Å². The van der Waals surface area contributed by atoms with Gasteiger partial charge in [-0.25, -0.2) is 4.79 Å². The number of carbonyl (C=O) groups excluding carboxylic acids is 2. The van der Waals surface area contributed by atoms with Crippen molar-refractivity contribution in [3.63, 3.8) is 0 Å². The summed E-state index contributed by atoms with van der Waals surface area (Å²) in [4.78, 5) is 21.6. The summed E-state index contributed by atoms with van der Waals surface area (Å²) in [7, 11) is 1.53. The first kappa shape index (κ1) is 18.0. The smallest absolute Gasteiger partial charge is 0.332 e. The molecule has 0 saturated carbocycles. The van der Waals surface area contributed by atoms with Crippen molar-refractivity contribution in [1.82, 2.24) is 0 Å². The van der Waals surface area contributed by atoms with Crippen LogP contribution in [0.5, 0.6) is 0 Å². The third kappa shape index (κ3) is 14.9. The molecule has 112 valence electrons. The monoisotopic (exact) mass is 278 g/mol. The topological polar surface area (TPSA) is 80.3 Å². The SMILES string of the molecule is COCCOC(=O)COCCOCCOCC(C)=O. The van der Waals surface area contributed by atoms with Gasteiger partial charge >= 0.3 is 5.97 Å². The molecule has 0 spiro atoms. The molecule has 7 nitrogen and oxygen atoms in total. The molecule has 0 radical (unpaired) electrons. The van der Waals surface area contributed by atoms with Gasteiger partial charge in [0.1, 0.15) is 19.8 Å². The molecule has 0 unspecified atom stereocenters. The lowest BCUT2D eigenvalue weighted by molar-refractivity contribution is -0.150. The van der Waals surface area contributed by atoms with Crippen molar-refractivity contribution in [2.45, 2.75) is 6.92 Å². The second-order valence-corrected chi connectivity index (χ2v) is 3.63. The van der Waals surface area contributed by atoms with E-state index in [9.17, 15) is 9.59 Å². The van der Waals surface area contributed by atoms with Crippen LogP contribution in [0.3, 0.4) is 0 Å². The summed E-state index contributed by atoms with van der Waals surface area (Å²) in [6.45, 7) is 3.45. The fourth-order valence-electron chi connectivity index (χ4n) is 0.990. The predicted octanol–water partition coefficient (Wildman–Crippen LogP) is -0.185. The number of methoxy groups -OCH3 is 1. The average molecular weight is 278 g/mol. The Morgan fingerprint density at radius 1 is 0.789 bits per heavy atom. The Labute approximate surface area is 113 Å². The molecular weight excluding hydrogens is 256 g/mol. The lowest BCUT2D eigenvalue weighted by Crippen LogP contribution is -2.17. The first-order valence-corrected chi connectivity index (χ1v) is 6.04. The Hall–Kier alpha value is -1.02. The molecule has 0 amide bonds. The summed E-state index contributed by atoms with van der Waals surface area (Å²) in [6.07, 6.45) is 0. The van der Waals surface area contributed by atoms with Crippen LogP contribution in [-0.2, 0) is 33.3 Å². The maximum absolute atomic E-state index is 11.1. The molecule has 0 aliphatic rings. The van der Waals surface area contributed by atoms with E-state index in [1.807, 2.05) is 0 Å². The van der Waals surface area contributed by atoms with Gasteiger partial charge < -0.3 is 23.7 Å². The Kier molecular flexibility index (Phi) is 12.7. The average Bonchev–Trinajstić information content (AvgIpc) is 2.36. The minimum atomic E-state index is -0.429. The highest BCUT2D eigenvalue weighted by Crippen LogP contribution is 1.85. The predicted molar refractivity (Wildman–Crippen MR) is 66.0 cm³/mol. The maximum atomic E-state index is 11.1. The second kappa shape index (κ2) is 13.4. The summed E-state index contributed by atoms with van der Waals surface area (Å²) >= 11 is 0. The minimum absolute atomic E-state index is 0.0182. The number of carbonyl (C=O) groups is 2. The Balaban J connectivity index is 3.13. The first-order chi connectivity index (χ1) is 9.16. The molecule has 0 aromatic rings. The van der Waals surface area contributed by atoms with Crippen LogP contribution in [0.15, 0.2) is 0 Å².